The zero-order valence-corrected chi connectivity index (χ0v) is 13.4. The van der Waals surface area contributed by atoms with E-state index in [1.807, 2.05) is 0 Å². The number of hydrogen-bond donors (Lipinski definition) is 0. The Bertz CT molecular complexity index is 364. The van der Waals surface area contributed by atoms with Crippen LogP contribution in [0.2, 0.25) is 0 Å². The molecule has 0 heteroatoms. The maximum Gasteiger partial charge on any atom is -0.0199 e. The Morgan fingerprint density at radius 1 is 0.750 bits per heavy atom. The lowest BCUT2D eigenvalue weighted by molar-refractivity contribution is 0.402. The van der Waals surface area contributed by atoms with Crippen molar-refractivity contribution in [3.8, 4) is 0 Å². The van der Waals surface area contributed by atoms with Gasteiger partial charge in [-0.2, -0.15) is 0 Å². The molecule has 4 bridgehead atoms. The lowest BCUT2D eigenvalue weighted by Gasteiger charge is -2.16. The molecule has 6 atom stereocenters. The van der Waals surface area contributed by atoms with Crippen molar-refractivity contribution in [2.75, 3.05) is 0 Å². The third-order valence-corrected chi connectivity index (χ3v) is 6.29. The van der Waals surface area contributed by atoms with Crippen LogP contribution in [-0.4, -0.2) is 0 Å². The minimum atomic E-state index is 0.972. The average Bonchev–Trinajstić information content (AvgIpc) is 3.24. The van der Waals surface area contributed by atoms with Crippen LogP contribution >= 0.6 is 0 Å². The molecule has 0 radical (unpaired) electrons. The van der Waals surface area contributed by atoms with E-state index in [4.69, 9.17) is 0 Å². The fourth-order valence-corrected chi connectivity index (χ4v) is 5.06. The highest BCUT2D eigenvalue weighted by molar-refractivity contribution is 5.10. The van der Waals surface area contributed by atoms with E-state index in [1.54, 1.807) is 0 Å². The van der Waals surface area contributed by atoms with Gasteiger partial charge in [-0.25, -0.2) is 0 Å². The number of rotatable bonds is 4. The monoisotopic (exact) mass is 272 g/mol. The summed E-state index contributed by atoms with van der Waals surface area (Å²) in [6, 6.07) is 0. The van der Waals surface area contributed by atoms with Crippen molar-refractivity contribution in [1.29, 1.82) is 0 Å². The van der Waals surface area contributed by atoms with Gasteiger partial charge in [0, 0.05) is 0 Å². The average molecular weight is 272 g/mol. The molecule has 0 nitrogen and oxygen atoms in total. The van der Waals surface area contributed by atoms with Crippen LogP contribution < -0.4 is 0 Å². The van der Waals surface area contributed by atoms with Gasteiger partial charge in [0.25, 0.3) is 0 Å². The van der Waals surface area contributed by atoms with Crippen LogP contribution in [0.15, 0.2) is 24.3 Å². The van der Waals surface area contributed by atoms with Gasteiger partial charge in [0.1, 0.15) is 0 Å². The van der Waals surface area contributed by atoms with E-state index in [2.05, 4.69) is 38.2 Å². The summed E-state index contributed by atoms with van der Waals surface area (Å²) in [5.74, 6) is 6.00. The Morgan fingerprint density at radius 2 is 1.35 bits per heavy atom. The molecule has 6 unspecified atom stereocenters. The zero-order chi connectivity index (χ0) is 13.9. The Balaban J connectivity index is 0.000000123. The van der Waals surface area contributed by atoms with Crippen LogP contribution in [0.4, 0.5) is 0 Å². The Hall–Kier alpha value is -0.520. The second-order valence-electron chi connectivity index (χ2n) is 7.63. The molecule has 0 spiro atoms. The largest absolute Gasteiger partial charge is 0.0851 e. The first-order valence-electron chi connectivity index (χ1n) is 9.16. The van der Waals surface area contributed by atoms with E-state index in [9.17, 15) is 0 Å². The van der Waals surface area contributed by atoms with Crippen molar-refractivity contribution >= 4 is 0 Å². The highest BCUT2D eigenvalue weighted by Gasteiger charge is 2.35. The molecule has 0 heterocycles. The normalized spacial score (nSPS) is 43.1. The van der Waals surface area contributed by atoms with Crippen molar-refractivity contribution in [3.05, 3.63) is 24.3 Å². The SMILES string of the molecule is CCC1CC2C=CC1C2.CCCCC1CC2C=CC1C2. The minimum absolute atomic E-state index is 0.972. The molecule has 0 N–H and O–H groups in total. The van der Waals surface area contributed by atoms with Gasteiger partial charge in [0.05, 0.1) is 0 Å². The van der Waals surface area contributed by atoms with E-state index in [1.165, 1.54) is 51.4 Å². The fourth-order valence-electron chi connectivity index (χ4n) is 5.06. The van der Waals surface area contributed by atoms with Crippen molar-refractivity contribution in [2.24, 2.45) is 35.5 Å². The second kappa shape index (κ2) is 6.50. The van der Waals surface area contributed by atoms with Crippen molar-refractivity contribution < 1.29 is 0 Å². The maximum atomic E-state index is 2.47. The summed E-state index contributed by atoms with van der Waals surface area (Å²) in [7, 11) is 0. The molecular weight excluding hydrogens is 240 g/mol. The summed E-state index contributed by atoms with van der Waals surface area (Å²) in [6.45, 7) is 4.61. The summed E-state index contributed by atoms with van der Waals surface area (Å²) in [6.07, 6.45) is 21.4. The molecule has 0 amide bonds. The second-order valence-corrected chi connectivity index (χ2v) is 7.63. The van der Waals surface area contributed by atoms with Gasteiger partial charge in [-0.15, -0.1) is 0 Å². The quantitative estimate of drug-likeness (QED) is 0.551. The van der Waals surface area contributed by atoms with Gasteiger partial charge < -0.3 is 0 Å². The number of hydrogen-bond acceptors (Lipinski definition) is 0. The van der Waals surface area contributed by atoms with Crippen molar-refractivity contribution in [2.45, 2.75) is 65.2 Å². The van der Waals surface area contributed by atoms with E-state index in [-0.39, 0.29) is 0 Å². The van der Waals surface area contributed by atoms with Crippen molar-refractivity contribution in [3.63, 3.8) is 0 Å². The van der Waals surface area contributed by atoms with Gasteiger partial charge in [0.15, 0.2) is 0 Å². The zero-order valence-electron chi connectivity index (χ0n) is 13.4. The molecule has 2 fully saturated rings. The number of unbranched alkanes of at least 4 members (excludes halogenated alkanes) is 1. The van der Waals surface area contributed by atoms with Gasteiger partial charge >= 0.3 is 0 Å². The smallest absolute Gasteiger partial charge is 0.0199 e. The Morgan fingerprint density at radius 3 is 1.70 bits per heavy atom. The number of fused-ring (bicyclic) bond motifs is 4. The molecule has 0 aromatic carbocycles. The highest BCUT2D eigenvalue weighted by Crippen LogP contribution is 2.45. The van der Waals surface area contributed by atoms with Crippen LogP contribution in [0.5, 0.6) is 0 Å². The van der Waals surface area contributed by atoms with Gasteiger partial charge in [-0.1, -0.05) is 57.4 Å². The topological polar surface area (TPSA) is 0 Å². The van der Waals surface area contributed by atoms with Crippen LogP contribution in [0.1, 0.15) is 65.2 Å². The third kappa shape index (κ3) is 3.05. The molecule has 0 aliphatic heterocycles. The van der Waals surface area contributed by atoms with Gasteiger partial charge in [-0.3, -0.25) is 0 Å². The minimum Gasteiger partial charge on any atom is -0.0851 e. The lowest BCUT2D eigenvalue weighted by Crippen LogP contribution is -2.06. The summed E-state index contributed by atoms with van der Waals surface area (Å²) in [4.78, 5) is 0. The molecule has 0 saturated heterocycles. The summed E-state index contributed by atoms with van der Waals surface area (Å²) < 4.78 is 0. The predicted molar refractivity (Wildman–Crippen MR) is 87.5 cm³/mol. The molecule has 0 aromatic rings. The fraction of sp³-hybridized carbons (Fsp3) is 0.800. The third-order valence-electron chi connectivity index (χ3n) is 6.29. The molecule has 0 aromatic heterocycles. The first-order chi connectivity index (χ1) is 9.80. The van der Waals surface area contributed by atoms with Crippen LogP contribution in [0.25, 0.3) is 0 Å². The molecule has 20 heavy (non-hydrogen) atoms. The van der Waals surface area contributed by atoms with E-state index in [0.717, 1.165) is 35.5 Å². The molecule has 4 aliphatic rings. The maximum absolute atomic E-state index is 2.47. The molecular formula is C20H32. The molecule has 112 valence electrons. The molecule has 4 aliphatic carbocycles. The Labute approximate surface area is 125 Å². The van der Waals surface area contributed by atoms with Gasteiger partial charge in [-0.05, 0) is 67.6 Å². The van der Waals surface area contributed by atoms with Crippen LogP contribution in [0.3, 0.4) is 0 Å². The highest BCUT2D eigenvalue weighted by atomic mass is 14.4. The number of allylic oxidation sites excluding steroid dienone is 4. The van der Waals surface area contributed by atoms with E-state index >= 15 is 0 Å². The summed E-state index contributed by atoms with van der Waals surface area (Å²) in [5.41, 5.74) is 0. The Kier molecular flexibility index (Phi) is 4.68. The van der Waals surface area contributed by atoms with Gasteiger partial charge in [0.2, 0.25) is 0 Å². The molecule has 2 saturated carbocycles. The summed E-state index contributed by atoms with van der Waals surface area (Å²) in [5, 5.41) is 0. The lowest BCUT2D eigenvalue weighted by atomic mass is 9.89. The van der Waals surface area contributed by atoms with Crippen LogP contribution in [-0.2, 0) is 0 Å². The first-order valence-corrected chi connectivity index (χ1v) is 9.16. The van der Waals surface area contributed by atoms with E-state index in [0.29, 0.717) is 0 Å². The van der Waals surface area contributed by atoms with Crippen LogP contribution in [0, 0.1) is 35.5 Å². The van der Waals surface area contributed by atoms with E-state index < -0.39 is 0 Å². The molecule has 4 rings (SSSR count). The standard InChI is InChI=1S/C11H18.C9H14/c1-2-3-4-10-7-9-5-6-11(10)8-9;1-2-8-5-7-3-4-9(8)6-7/h5-6,9-11H,2-4,7-8H2,1H3;3-4,7-9H,2,5-6H2,1H3. The predicted octanol–water partition coefficient (Wildman–Crippen LogP) is 6.00. The van der Waals surface area contributed by atoms with Crippen molar-refractivity contribution in [1.82, 2.24) is 0 Å². The first kappa shape index (κ1) is 14.4. The summed E-state index contributed by atoms with van der Waals surface area (Å²) >= 11 is 0.